The van der Waals surface area contributed by atoms with E-state index in [0.717, 1.165) is 47.1 Å². The highest BCUT2D eigenvalue weighted by Gasteiger charge is 2.26. The van der Waals surface area contributed by atoms with Crippen LogP contribution in [0.4, 0.5) is 10.8 Å². The van der Waals surface area contributed by atoms with E-state index in [-0.39, 0.29) is 18.5 Å². The van der Waals surface area contributed by atoms with Gasteiger partial charge in [0.25, 0.3) is 0 Å². The Morgan fingerprint density at radius 1 is 1.09 bits per heavy atom. The first-order chi connectivity index (χ1) is 16.5. The summed E-state index contributed by atoms with van der Waals surface area (Å²) in [7, 11) is 0. The van der Waals surface area contributed by atoms with Crippen LogP contribution in [0.25, 0.3) is 10.9 Å². The second-order valence-corrected chi connectivity index (χ2v) is 9.50. The van der Waals surface area contributed by atoms with Crippen molar-refractivity contribution in [2.75, 3.05) is 4.90 Å². The molecule has 1 unspecified atom stereocenters. The maximum absolute atomic E-state index is 13.3. The van der Waals surface area contributed by atoms with E-state index >= 15 is 0 Å². The number of aryl methyl sites for hydroxylation is 1. The number of ether oxygens (including phenoxy) is 1. The minimum absolute atomic E-state index is 0.0385. The zero-order valence-electron chi connectivity index (χ0n) is 19.2. The molecule has 1 atom stereocenters. The third-order valence-electron chi connectivity index (χ3n) is 6.12. The Hall–Kier alpha value is -3.58. The zero-order chi connectivity index (χ0) is 23.7. The van der Waals surface area contributed by atoms with Gasteiger partial charge in [-0.15, -0.1) is 11.3 Å². The molecule has 0 radical (unpaired) electrons. The second-order valence-electron chi connectivity index (χ2n) is 8.66. The average molecular weight is 472 g/mol. The minimum Gasteiger partial charge on any atom is -0.456 e. The van der Waals surface area contributed by atoms with Gasteiger partial charge in [-0.25, -0.2) is 9.78 Å². The van der Waals surface area contributed by atoms with Crippen LogP contribution in [-0.4, -0.2) is 21.8 Å². The molecule has 2 aromatic heterocycles. The molecule has 0 N–H and O–H groups in total. The van der Waals surface area contributed by atoms with Crippen molar-refractivity contribution < 1.29 is 14.3 Å². The van der Waals surface area contributed by atoms with Crippen LogP contribution < -0.4 is 4.90 Å². The largest absolute Gasteiger partial charge is 0.456 e. The molecule has 2 aromatic carbocycles. The molecule has 1 aliphatic rings. The first-order valence-corrected chi connectivity index (χ1v) is 12.3. The highest BCUT2D eigenvalue weighted by atomic mass is 32.1. The van der Waals surface area contributed by atoms with E-state index in [4.69, 9.17) is 9.72 Å². The Bertz CT molecular complexity index is 1370. The van der Waals surface area contributed by atoms with Gasteiger partial charge in [0.05, 0.1) is 22.5 Å². The summed E-state index contributed by atoms with van der Waals surface area (Å²) in [5, 5.41) is 3.19. The zero-order valence-corrected chi connectivity index (χ0v) is 20.0. The van der Waals surface area contributed by atoms with Crippen molar-refractivity contribution in [1.82, 2.24) is 9.97 Å². The fraction of sp³-hybridized carbons (Fsp3) is 0.259. The number of carbonyl (C=O) groups excluding carboxylic acids is 2. The smallest absolute Gasteiger partial charge is 0.339 e. The van der Waals surface area contributed by atoms with Gasteiger partial charge in [0.1, 0.15) is 6.61 Å². The number of rotatable bonds is 5. The summed E-state index contributed by atoms with van der Waals surface area (Å²) in [6, 6.07) is 17.1. The highest BCUT2D eigenvalue weighted by molar-refractivity contribution is 7.14. The van der Waals surface area contributed by atoms with Crippen molar-refractivity contribution in [3.05, 3.63) is 82.5 Å². The number of aromatic nitrogens is 2. The van der Waals surface area contributed by atoms with Gasteiger partial charge in [-0.1, -0.05) is 43.3 Å². The number of pyridine rings is 1. The molecule has 2 heterocycles. The predicted octanol–water partition coefficient (Wildman–Crippen LogP) is 5.86. The number of hydrogen-bond donors (Lipinski definition) is 0. The van der Waals surface area contributed by atoms with E-state index in [2.05, 4.69) is 11.9 Å². The topological polar surface area (TPSA) is 72.4 Å². The molecule has 1 amide bonds. The monoisotopic (exact) mass is 471 g/mol. The first kappa shape index (κ1) is 22.2. The van der Waals surface area contributed by atoms with Crippen molar-refractivity contribution >= 4 is 44.9 Å². The molecule has 0 fully saturated rings. The SMILES string of the molecule is CC(=O)N(c1ccccc1)c1nc(COC(=O)c2c3c(nc4ccccc24)CCC(C)C3)cs1. The van der Waals surface area contributed by atoms with Gasteiger partial charge in [-0.3, -0.25) is 14.7 Å². The molecule has 7 heteroatoms. The standard InChI is InChI=1S/C27H25N3O3S/c1-17-12-13-24-22(14-17)25(21-10-6-7-11-23(21)29-24)26(32)33-15-19-16-34-27(28-19)30(18(2)31)20-8-4-3-5-9-20/h3-11,16-17H,12-15H2,1-2H3. The van der Waals surface area contributed by atoms with Crippen molar-refractivity contribution in [3.63, 3.8) is 0 Å². The number of thiazole rings is 1. The molecule has 0 spiro atoms. The van der Waals surface area contributed by atoms with Gasteiger partial charge in [0, 0.05) is 23.4 Å². The molecule has 0 aliphatic heterocycles. The fourth-order valence-corrected chi connectivity index (χ4v) is 5.35. The number of para-hydroxylation sites is 2. The van der Waals surface area contributed by atoms with Crippen LogP contribution in [0.3, 0.4) is 0 Å². The third kappa shape index (κ3) is 4.31. The number of esters is 1. The van der Waals surface area contributed by atoms with Crippen LogP contribution in [0.5, 0.6) is 0 Å². The van der Waals surface area contributed by atoms with E-state index in [1.165, 1.54) is 18.3 Å². The number of anilines is 2. The predicted molar refractivity (Wildman–Crippen MR) is 133 cm³/mol. The summed E-state index contributed by atoms with van der Waals surface area (Å²) in [6.45, 7) is 3.75. The third-order valence-corrected chi connectivity index (χ3v) is 7.00. The van der Waals surface area contributed by atoms with Gasteiger partial charge in [-0.2, -0.15) is 0 Å². The summed E-state index contributed by atoms with van der Waals surface area (Å²) < 4.78 is 5.76. The lowest BCUT2D eigenvalue weighted by molar-refractivity contribution is -0.115. The van der Waals surface area contributed by atoms with Crippen LogP contribution in [0.1, 0.15) is 47.6 Å². The summed E-state index contributed by atoms with van der Waals surface area (Å²) in [5.74, 6) is 0.0109. The number of fused-ring (bicyclic) bond motifs is 2. The van der Waals surface area contributed by atoms with Crippen LogP contribution in [0.15, 0.2) is 60.0 Å². The summed E-state index contributed by atoms with van der Waals surface area (Å²) in [5.41, 5.74) is 4.80. The van der Waals surface area contributed by atoms with E-state index in [1.807, 2.05) is 60.0 Å². The summed E-state index contributed by atoms with van der Waals surface area (Å²) in [4.78, 5) is 36.6. The number of carbonyl (C=O) groups is 2. The molecule has 0 saturated heterocycles. The molecule has 5 rings (SSSR count). The number of amides is 1. The Labute approximate surface area is 202 Å². The summed E-state index contributed by atoms with van der Waals surface area (Å²) in [6.07, 6.45) is 2.77. The molecule has 0 saturated carbocycles. The van der Waals surface area contributed by atoms with E-state index in [1.54, 1.807) is 4.90 Å². The van der Waals surface area contributed by atoms with Crippen molar-refractivity contribution in [1.29, 1.82) is 0 Å². The minimum atomic E-state index is -0.356. The van der Waals surface area contributed by atoms with Crippen molar-refractivity contribution in [3.8, 4) is 0 Å². The van der Waals surface area contributed by atoms with Gasteiger partial charge in [0.2, 0.25) is 5.91 Å². The molecular formula is C27H25N3O3S. The Balaban J connectivity index is 1.40. The van der Waals surface area contributed by atoms with Crippen LogP contribution in [0.2, 0.25) is 0 Å². The normalized spacial score (nSPS) is 15.1. The maximum Gasteiger partial charge on any atom is 0.339 e. The van der Waals surface area contributed by atoms with E-state index in [0.29, 0.717) is 22.3 Å². The number of nitrogens with zero attached hydrogens (tertiary/aromatic N) is 3. The van der Waals surface area contributed by atoms with Crippen molar-refractivity contribution in [2.45, 2.75) is 39.7 Å². The second kappa shape index (κ2) is 9.35. The van der Waals surface area contributed by atoms with E-state index < -0.39 is 0 Å². The van der Waals surface area contributed by atoms with Gasteiger partial charge < -0.3 is 4.74 Å². The van der Waals surface area contributed by atoms with E-state index in [9.17, 15) is 9.59 Å². The molecule has 0 bridgehead atoms. The Morgan fingerprint density at radius 2 is 1.85 bits per heavy atom. The van der Waals surface area contributed by atoms with Gasteiger partial charge in [-0.05, 0) is 48.9 Å². The molecular weight excluding hydrogens is 446 g/mol. The fourth-order valence-electron chi connectivity index (χ4n) is 4.48. The Kier molecular flexibility index (Phi) is 6.11. The molecule has 172 valence electrons. The average Bonchev–Trinajstić information content (AvgIpc) is 3.30. The summed E-state index contributed by atoms with van der Waals surface area (Å²) >= 11 is 1.35. The Morgan fingerprint density at radius 3 is 2.65 bits per heavy atom. The highest BCUT2D eigenvalue weighted by Crippen LogP contribution is 2.33. The van der Waals surface area contributed by atoms with Gasteiger partial charge >= 0.3 is 5.97 Å². The number of hydrogen-bond acceptors (Lipinski definition) is 6. The van der Waals surface area contributed by atoms with Crippen molar-refractivity contribution in [2.24, 2.45) is 5.92 Å². The maximum atomic E-state index is 13.3. The van der Waals surface area contributed by atoms with Gasteiger partial charge in [0.15, 0.2) is 5.13 Å². The number of benzene rings is 2. The molecule has 4 aromatic rings. The molecule has 34 heavy (non-hydrogen) atoms. The van der Waals surface area contributed by atoms with Crippen LogP contribution >= 0.6 is 11.3 Å². The van der Waals surface area contributed by atoms with Crippen LogP contribution in [-0.2, 0) is 29.0 Å². The lowest BCUT2D eigenvalue weighted by atomic mass is 9.84. The first-order valence-electron chi connectivity index (χ1n) is 11.4. The quantitative estimate of drug-likeness (QED) is 0.341. The lowest BCUT2D eigenvalue weighted by Gasteiger charge is -2.24. The molecule has 6 nitrogen and oxygen atoms in total. The molecule has 1 aliphatic carbocycles. The van der Waals surface area contributed by atoms with Crippen LogP contribution in [0, 0.1) is 5.92 Å². The lowest BCUT2D eigenvalue weighted by Crippen LogP contribution is -2.22.